The molecule has 0 spiro atoms. The van der Waals surface area contributed by atoms with Gasteiger partial charge in [0.1, 0.15) is 0 Å². The Morgan fingerprint density at radius 1 is 1.33 bits per heavy atom. The van der Waals surface area contributed by atoms with Crippen molar-refractivity contribution in [3.63, 3.8) is 0 Å². The van der Waals surface area contributed by atoms with Crippen molar-refractivity contribution < 1.29 is 8.78 Å². The molecule has 0 fully saturated rings. The summed E-state index contributed by atoms with van der Waals surface area (Å²) in [6.07, 6.45) is -0.797. The van der Waals surface area contributed by atoms with Crippen LogP contribution in [-0.4, -0.2) is 35.4 Å². The number of halogens is 4. The van der Waals surface area contributed by atoms with Gasteiger partial charge in [-0.15, -0.1) is 24.8 Å². The normalized spacial score (nSPS) is 11.0. The molecule has 1 atom stereocenters. The third kappa shape index (κ3) is 12.4. The predicted molar refractivity (Wildman–Crippen MR) is 40.5 cm³/mol. The first-order valence-corrected chi connectivity index (χ1v) is 4.17. The molecule has 1 unspecified atom stereocenters. The van der Waals surface area contributed by atoms with Crippen molar-refractivity contribution in [2.75, 3.05) is 6.67 Å². The van der Waals surface area contributed by atoms with Gasteiger partial charge in [0.2, 0.25) is 0 Å². The van der Waals surface area contributed by atoms with Gasteiger partial charge in [0, 0.05) is 0 Å². The number of hydrogen-bond donors (Lipinski definition) is 0. The fraction of sp³-hybridized carbons (Fsp3) is 1.00. The van der Waals surface area contributed by atoms with E-state index in [0.717, 1.165) is 22.5 Å². The molecule has 5 heteroatoms. The van der Waals surface area contributed by atoms with E-state index in [9.17, 15) is 8.78 Å². The molecule has 0 N–H and O–H groups in total. The van der Waals surface area contributed by atoms with Crippen LogP contribution in [0.15, 0.2) is 0 Å². The van der Waals surface area contributed by atoms with E-state index in [1.807, 2.05) is 0 Å². The fourth-order valence-corrected chi connectivity index (χ4v) is 0.803. The van der Waals surface area contributed by atoms with E-state index in [2.05, 4.69) is 0 Å². The van der Waals surface area contributed by atoms with E-state index < -0.39 is 12.8 Å². The molecule has 0 saturated heterocycles. The molecule has 0 rings (SSSR count). The number of alkyl halides is 2. The molecular formula is C4H9Cl2F2Sn. The molecule has 0 nitrogen and oxygen atoms in total. The van der Waals surface area contributed by atoms with Gasteiger partial charge in [0.15, 0.2) is 0 Å². The summed E-state index contributed by atoms with van der Waals surface area (Å²) in [5.41, 5.74) is 0. The van der Waals surface area contributed by atoms with Crippen LogP contribution in [0.3, 0.4) is 0 Å². The van der Waals surface area contributed by atoms with Crippen molar-refractivity contribution in [1.82, 2.24) is 0 Å². The van der Waals surface area contributed by atoms with Gasteiger partial charge in [-0.1, -0.05) is 0 Å². The second kappa shape index (κ2) is 12.0. The van der Waals surface area contributed by atoms with Crippen molar-refractivity contribution in [2.45, 2.75) is 17.0 Å². The van der Waals surface area contributed by atoms with Crippen LogP contribution in [0.2, 0.25) is 4.44 Å². The quantitative estimate of drug-likeness (QED) is 0.697. The Morgan fingerprint density at radius 3 is 1.89 bits per heavy atom. The van der Waals surface area contributed by atoms with Crippen LogP contribution < -0.4 is 0 Å². The van der Waals surface area contributed by atoms with Gasteiger partial charge in [0.05, 0.1) is 0 Å². The minimum atomic E-state index is -0.886. The number of hydrogen-bond acceptors (Lipinski definition) is 0. The van der Waals surface area contributed by atoms with Gasteiger partial charge in [-0.05, 0) is 0 Å². The van der Waals surface area contributed by atoms with Crippen molar-refractivity contribution in [1.29, 1.82) is 0 Å². The van der Waals surface area contributed by atoms with E-state index in [0.29, 0.717) is 4.44 Å². The van der Waals surface area contributed by atoms with Gasteiger partial charge in [0.25, 0.3) is 0 Å². The zero-order valence-corrected chi connectivity index (χ0v) is 9.26. The molecule has 57 valence electrons. The second-order valence-electron chi connectivity index (χ2n) is 1.28. The van der Waals surface area contributed by atoms with Gasteiger partial charge in [-0.25, -0.2) is 0 Å². The molecule has 0 amide bonds. The average Bonchev–Trinajstić information content (AvgIpc) is 1.68. The molecule has 9 heavy (non-hydrogen) atoms. The Kier molecular flexibility index (Phi) is 22.2. The molecule has 0 aromatic heterocycles. The van der Waals surface area contributed by atoms with Gasteiger partial charge >= 0.3 is 55.0 Å². The fourth-order valence-electron chi connectivity index (χ4n) is 0.220. The summed E-state index contributed by atoms with van der Waals surface area (Å²) in [5.74, 6) is 0. The van der Waals surface area contributed by atoms with Crippen LogP contribution in [0, 0.1) is 0 Å². The summed E-state index contributed by atoms with van der Waals surface area (Å²) in [4.78, 5) is 0. The summed E-state index contributed by atoms with van der Waals surface area (Å²) in [5, 5.41) is 0. The molecule has 0 aliphatic rings. The van der Waals surface area contributed by atoms with Crippen LogP contribution in [0.1, 0.15) is 6.42 Å². The molecule has 0 aromatic rings. The Balaban J connectivity index is -0.000000180. The van der Waals surface area contributed by atoms with Crippen LogP contribution >= 0.6 is 24.8 Å². The first-order valence-electron chi connectivity index (χ1n) is 2.16. The second-order valence-corrected chi connectivity index (χ2v) is 2.44. The average molecular weight is 285 g/mol. The third-order valence-corrected chi connectivity index (χ3v) is 1.91. The van der Waals surface area contributed by atoms with Crippen molar-refractivity contribution in [2.24, 2.45) is 0 Å². The SMILES string of the molecule is Cl.Cl.FCCC(F)[CH2][Sn]. The van der Waals surface area contributed by atoms with E-state index in [1.165, 1.54) is 0 Å². The zero-order valence-electron chi connectivity index (χ0n) is 4.77. The summed E-state index contributed by atoms with van der Waals surface area (Å²) in [6, 6.07) is 0. The standard InChI is InChI=1S/C4H7F2.2ClH.Sn/c1-4(6)2-3-5;;;/h4H,1-3H2;2*1H;. The van der Waals surface area contributed by atoms with Gasteiger partial charge in [-0.2, -0.15) is 0 Å². The van der Waals surface area contributed by atoms with E-state index in [4.69, 9.17) is 0 Å². The number of rotatable bonds is 3. The van der Waals surface area contributed by atoms with Crippen LogP contribution in [0.25, 0.3) is 0 Å². The van der Waals surface area contributed by atoms with E-state index in [1.54, 1.807) is 0 Å². The Morgan fingerprint density at radius 2 is 1.78 bits per heavy atom. The first kappa shape index (κ1) is 16.7. The summed E-state index contributed by atoms with van der Waals surface area (Å²) in [7, 11) is 0. The Labute approximate surface area is 79.7 Å². The summed E-state index contributed by atoms with van der Waals surface area (Å²) in [6.45, 7) is -0.518. The molecule has 0 aliphatic heterocycles. The Bertz CT molecular complexity index is 47.5. The van der Waals surface area contributed by atoms with Gasteiger partial charge in [-0.3, -0.25) is 0 Å². The zero-order chi connectivity index (χ0) is 5.70. The van der Waals surface area contributed by atoms with Crippen LogP contribution in [0.5, 0.6) is 0 Å². The predicted octanol–water partition coefficient (Wildman–Crippen LogP) is 2.11. The minimum absolute atomic E-state index is 0. The monoisotopic (exact) mass is 285 g/mol. The maximum atomic E-state index is 11.9. The third-order valence-electron chi connectivity index (χ3n) is 0.644. The maximum absolute atomic E-state index is 11.9. The van der Waals surface area contributed by atoms with Crippen molar-refractivity contribution >= 4 is 47.3 Å². The molecule has 0 aliphatic carbocycles. The molecule has 0 saturated carbocycles. The van der Waals surface area contributed by atoms with Crippen molar-refractivity contribution in [3.05, 3.63) is 0 Å². The van der Waals surface area contributed by atoms with Gasteiger partial charge < -0.3 is 0 Å². The molecule has 0 bridgehead atoms. The topological polar surface area (TPSA) is 0 Å². The van der Waals surface area contributed by atoms with E-state index >= 15 is 0 Å². The molecule has 0 heterocycles. The van der Waals surface area contributed by atoms with Crippen LogP contribution in [-0.2, 0) is 0 Å². The van der Waals surface area contributed by atoms with E-state index in [-0.39, 0.29) is 31.2 Å². The summed E-state index contributed by atoms with van der Waals surface area (Å²) < 4.78 is 23.6. The van der Waals surface area contributed by atoms with Crippen LogP contribution in [0.4, 0.5) is 8.78 Å². The van der Waals surface area contributed by atoms with Crippen molar-refractivity contribution in [3.8, 4) is 0 Å². The first-order chi connectivity index (χ1) is 3.31. The Hall–Kier alpha value is 1.24. The summed E-state index contributed by atoms with van der Waals surface area (Å²) >= 11 is 1.15. The molecule has 3 radical (unpaired) electrons. The molecule has 0 aromatic carbocycles. The molecular weight excluding hydrogens is 276 g/mol.